The Labute approximate surface area is 64.6 Å². The van der Waals surface area contributed by atoms with Crippen LogP contribution in [0, 0.1) is 5.92 Å². The molecule has 1 unspecified atom stereocenters. The molecule has 0 aromatic heterocycles. The van der Waals surface area contributed by atoms with Crippen molar-refractivity contribution in [2.24, 2.45) is 11.7 Å². The Morgan fingerprint density at radius 2 is 2.18 bits per heavy atom. The average Bonchev–Trinajstić information content (AvgIpc) is 1.94. The van der Waals surface area contributed by atoms with Crippen molar-refractivity contribution in [2.75, 3.05) is 0 Å². The fraction of sp³-hybridized carbons (Fsp3) is 0.500. The molecule has 0 amide bonds. The Morgan fingerprint density at radius 1 is 1.55 bits per heavy atom. The molecule has 62 valence electrons. The van der Waals surface area contributed by atoms with E-state index in [1.807, 2.05) is 0 Å². The number of hydrogen-bond donors (Lipinski definition) is 1. The van der Waals surface area contributed by atoms with Crippen LogP contribution in [-0.4, -0.2) is 6.04 Å². The van der Waals surface area contributed by atoms with E-state index in [0.29, 0.717) is 6.42 Å². The van der Waals surface area contributed by atoms with Crippen LogP contribution >= 0.6 is 0 Å². The van der Waals surface area contributed by atoms with Gasteiger partial charge in [-0.05, 0) is 31.4 Å². The van der Waals surface area contributed by atoms with E-state index >= 15 is 0 Å². The van der Waals surface area contributed by atoms with Crippen LogP contribution in [0.5, 0.6) is 0 Å². The summed E-state index contributed by atoms with van der Waals surface area (Å²) in [7, 11) is 0. The van der Waals surface area contributed by atoms with Gasteiger partial charge < -0.3 is 5.73 Å². The summed E-state index contributed by atoms with van der Waals surface area (Å²) in [5.41, 5.74) is 5.51. The van der Waals surface area contributed by atoms with E-state index in [9.17, 15) is 8.78 Å². The Hall–Kier alpha value is -0.700. The number of rotatable bonds is 1. The van der Waals surface area contributed by atoms with Gasteiger partial charge in [0.1, 0.15) is 0 Å². The van der Waals surface area contributed by atoms with Gasteiger partial charge in [-0.25, -0.2) is 8.78 Å². The van der Waals surface area contributed by atoms with Gasteiger partial charge in [0.2, 0.25) is 0 Å². The van der Waals surface area contributed by atoms with Crippen LogP contribution in [0.25, 0.3) is 0 Å². The van der Waals surface area contributed by atoms with Crippen LogP contribution in [0.4, 0.5) is 8.78 Å². The third-order valence-corrected chi connectivity index (χ3v) is 1.83. The summed E-state index contributed by atoms with van der Waals surface area (Å²) in [6.07, 6.45) is 2.99. The van der Waals surface area contributed by atoms with Gasteiger partial charge in [-0.2, -0.15) is 0 Å². The zero-order chi connectivity index (χ0) is 8.43. The van der Waals surface area contributed by atoms with Crippen LogP contribution in [0.2, 0.25) is 0 Å². The first-order chi connectivity index (χ1) is 5.11. The maximum atomic E-state index is 12.5. The maximum absolute atomic E-state index is 12.5. The van der Waals surface area contributed by atoms with E-state index in [4.69, 9.17) is 5.73 Å². The second kappa shape index (κ2) is 3.13. The van der Waals surface area contributed by atoms with Crippen LogP contribution in [-0.2, 0) is 0 Å². The van der Waals surface area contributed by atoms with Gasteiger partial charge in [0.25, 0.3) is 0 Å². The Bertz CT molecular complexity index is 206. The van der Waals surface area contributed by atoms with E-state index in [2.05, 4.69) is 0 Å². The molecule has 0 spiro atoms. The normalized spacial score (nSPS) is 27.5. The molecule has 2 atom stereocenters. The third kappa shape index (κ3) is 1.87. The average molecular weight is 159 g/mol. The highest BCUT2D eigenvalue weighted by molar-refractivity contribution is 5.24. The second-order valence-corrected chi connectivity index (χ2v) is 2.83. The molecule has 0 bridgehead atoms. The van der Waals surface area contributed by atoms with Crippen molar-refractivity contribution >= 4 is 0 Å². The Kier molecular flexibility index (Phi) is 2.39. The zero-order valence-electron chi connectivity index (χ0n) is 6.35. The standard InChI is InChI=1S/C8H11F2N/c1-5(11)6-2-3-7(9)8(10)4-6/h3-6H,2,11H2,1H3/t5-,6?/m1/s1. The molecule has 1 nitrogen and oxygen atoms in total. The highest BCUT2D eigenvalue weighted by Gasteiger charge is 2.17. The number of hydrogen-bond acceptors (Lipinski definition) is 1. The molecule has 3 heteroatoms. The van der Waals surface area contributed by atoms with E-state index in [1.165, 1.54) is 12.2 Å². The lowest BCUT2D eigenvalue weighted by Gasteiger charge is -2.17. The summed E-state index contributed by atoms with van der Waals surface area (Å²) in [5, 5.41) is 0. The number of halogens is 2. The highest BCUT2D eigenvalue weighted by Crippen LogP contribution is 2.25. The van der Waals surface area contributed by atoms with Crippen molar-refractivity contribution in [2.45, 2.75) is 19.4 Å². The van der Waals surface area contributed by atoms with E-state index < -0.39 is 11.7 Å². The van der Waals surface area contributed by atoms with Gasteiger partial charge in [-0.1, -0.05) is 0 Å². The molecule has 0 saturated heterocycles. The topological polar surface area (TPSA) is 26.0 Å². The lowest BCUT2D eigenvalue weighted by atomic mass is 9.94. The molecule has 1 aliphatic carbocycles. The molecular formula is C8H11F2N. The first-order valence-corrected chi connectivity index (χ1v) is 3.60. The largest absolute Gasteiger partial charge is 0.327 e. The van der Waals surface area contributed by atoms with Gasteiger partial charge in [-0.15, -0.1) is 0 Å². The van der Waals surface area contributed by atoms with Crippen molar-refractivity contribution in [3.8, 4) is 0 Å². The Morgan fingerprint density at radius 3 is 2.64 bits per heavy atom. The lowest BCUT2D eigenvalue weighted by Crippen LogP contribution is -2.25. The minimum absolute atomic E-state index is 0.0606. The molecule has 0 aliphatic heterocycles. The molecule has 0 radical (unpaired) electrons. The predicted molar refractivity (Wildman–Crippen MR) is 40.1 cm³/mol. The molecule has 11 heavy (non-hydrogen) atoms. The Balaban J connectivity index is 2.69. The molecular weight excluding hydrogens is 148 g/mol. The molecule has 0 saturated carbocycles. The predicted octanol–water partition coefficient (Wildman–Crippen LogP) is 2.06. The van der Waals surface area contributed by atoms with Crippen molar-refractivity contribution in [1.29, 1.82) is 0 Å². The summed E-state index contributed by atoms with van der Waals surface area (Å²) in [4.78, 5) is 0. The van der Waals surface area contributed by atoms with Crippen molar-refractivity contribution in [1.82, 2.24) is 0 Å². The molecule has 0 fully saturated rings. The van der Waals surface area contributed by atoms with E-state index in [1.54, 1.807) is 6.92 Å². The smallest absolute Gasteiger partial charge is 0.154 e. The van der Waals surface area contributed by atoms with Gasteiger partial charge in [0.05, 0.1) is 0 Å². The van der Waals surface area contributed by atoms with E-state index in [0.717, 1.165) is 0 Å². The summed E-state index contributed by atoms with van der Waals surface area (Å²) in [6, 6.07) is -0.120. The first-order valence-electron chi connectivity index (χ1n) is 3.60. The summed E-state index contributed by atoms with van der Waals surface area (Å²) < 4.78 is 24.9. The van der Waals surface area contributed by atoms with Crippen LogP contribution in [0.1, 0.15) is 13.3 Å². The van der Waals surface area contributed by atoms with Gasteiger partial charge in [0.15, 0.2) is 11.7 Å². The lowest BCUT2D eigenvalue weighted by molar-refractivity contribution is 0.469. The molecule has 1 aliphatic rings. The summed E-state index contributed by atoms with van der Waals surface area (Å²) >= 11 is 0. The number of allylic oxidation sites excluding steroid dienone is 3. The summed E-state index contributed by atoms with van der Waals surface area (Å²) in [5.74, 6) is -1.60. The van der Waals surface area contributed by atoms with Gasteiger partial charge in [-0.3, -0.25) is 0 Å². The third-order valence-electron chi connectivity index (χ3n) is 1.83. The van der Waals surface area contributed by atoms with E-state index in [-0.39, 0.29) is 12.0 Å². The highest BCUT2D eigenvalue weighted by atomic mass is 19.2. The van der Waals surface area contributed by atoms with Crippen LogP contribution in [0.3, 0.4) is 0 Å². The SMILES string of the molecule is C[C@@H](N)C1C=C(F)C(F)=CC1. The molecule has 0 aromatic carbocycles. The zero-order valence-corrected chi connectivity index (χ0v) is 6.35. The fourth-order valence-electron chi connectivity index (χ4n) is 1.04. The van der Waals surface area contributed by atoms with Crippen LogP contribution < -0.4 is 5.73 Å². The minimum Gasteiger partial charge on any atom is -0.327 e. The minimum atomic E-state index is -0.779. The fourth-order valence-corrected chi connectivity index (χ4v) is 1.04. The first kappa shape index (κ1) is 8.40. The maximum Gasteiger partial charge on any atom is 0.154 e. The molecule has 0 aromatic rings. The van der Waals surface area contributed by atoms with Crippen LogP contribution in [0.15, 0.2) is 23.8 Å². The summed E-state index contributed by atoms with van der Waals surface area (Å²) in [6.45, 7) is 1.78. The quantitative estimate of drug-likeness (QED) is 0.622. The van der Waals surface area contributed by atoms with Gasteiger partial charge in [0, 0.05) is 6.04 Å². The van der Waals surface area contributed by atoms with Crippen molar-refractivity contribution in [3.05, 3.63) is 23.8 Å². The number of nitrogens with two attached hydrogens (primary N) is 1. The molecule has 0 heterocycles. The molecule has 1 rings (SSSR count). The monoisotopic (exact) mass is 159 g/mol. The van der Waals surface area contributed by atoms with Gasteiger partial charge >= 0.3 is 0 Å². The van der Waals surface area contributed by atoms with Crippen molar-refractivity contribution in [3.63, 3.8) is 0 Å². The molecule has 2 N–H and O–H groups in total. The second-order valence-electron chi connectivity index (χ2n) is 2.83. The van der Waals surface area contributed by atoms with Crippen molar-refractivity contribution < 1.29 is 8.78 Å².